The van der Waals surface area contributed by atoms with Gasteiger partial charge in [-0.3, -0.25) is 9.59 Å². The average Bonchev–Trinajstić information content (AvgIpc) is 1.36. The van der Waals surface area contributed by atoms with Crippen molar-refractivity contribution in [2.75, 3.05) is 89.8 Å². The van der Waals surface area contributed by atoms with E-state index < -0.39 is 42.4 Å². The molecular formula is C80H94Cl2N4O12S2. The molecule has 2 N–H and O–H groups in total. The molecule has 4 bridgehead atoms. The Labute approximate surface area is 600 Å². The van der Waals surface area contributed by atoms with Gasteiger partial charge in [0, 0.05) is 72.4 Å². The molecule has 6 aromatic rings. The number of aryl methyl sites for hydroxylation is 2. The standard InChI is InChI=1S/2C40H47ClN2O6S/c2*1-27-8-6-12-36(48-21-20-47-2)33-16-13-31(33)24-43-25-40(19-7-11-29-22-32(41)15-17-34(29)40)26-49-37-18-14-30(23-35(37)43)39(44)42-50(45,46)38(27)28-9-4-3-5-10-28/h2*3-6,9-10,12,14-15,17-18,22-23,27,31,33,36,38H,7-8,11,13,16,19-21,24-26H2,1-2H3,(H,42,44)/b2*12-6+/t27-,31-,33+,36-,38+,40-;27-,31-,33+,36-,38-,40-/m00/s1. The highest BCUT2D eigenvalue weighted by molar-refractivity contribution is 7.90. The van der Waals surface area contributed by atoms with Crippen molar-refractivity contribution in [3.63, 3.8) is 0 Å². The van der Waals surface area contributed by atoms with Gasteiger partial charge in [-0.1, -0.05) is 134 Å². The molecule has 20 heteroatoms. The second-order valence-electron chi connectivity index (χ2n) is 29.1. The van der Waals surface area contributed by atoms with Crippen molar-refractivity contribution >= 4 is 66.4 Å². The summed E-state index contributed by atoms with van der Waals surface area (Å²) in [7, 11) is -4.90. The van der Waals surface area contributed by atoms with E-state index >= 15 is 0 Å². The quantitative estimate of drug-likeness (QED) is 0.0973. The lowest BCUT2D eigenvalue weighted by Crippen LogP contribution is -2.49. The van der Waals surface area contributed by atoms with Crippen LogP contribution in [0, 0.1) is 35.5 Å². The maximum absolute atomic E-state index is 14.1. The van der Waals surface area contributed by atoms with Crippen molar-refractivity contribution in [2.24, 2.45) is 35.5 Å². The number of carbonyl (C=O) groups is 2. The molecule has 4 heterocycles. The molecule has 12 atom stereocenters. The Bertz CT molecular complexity index is 3940. The van der Waals surface area contributed by atoms with Crippen LogP contribution in [0.15, 0.2) is 158 Å². The highest BCUT2D eigenvalue weighted by Crippen LogP contribution is 2.50. The van der Waals surface area contributed by atoms with Crippen LogP contribution in [-0.4, -0.2) is 121 Å². The van der Waals surface area contributed by atoms with Gasteiger partial charge in [0.15, 0.2) is 0 Å². The first-order chi connectivity index (χ1) is 48.3. The number of rotatable bonds is 10. The number of hydrogen-bond acceptors (Lipinski definition) is 14. The number of methoxy groups -OCH3 is 2. The van der Waals surface area contributed by atoms with Crippen molar-refractivity contribution in [2.45, 2.75) is 124 Å². The van der Waals surface area contributed by atoms with E-state index in [0.29, 0.717) is 100 Å². The minimum atomic E-state index is -4.13. The Kier molecular flexibility index (Phi) is 22.3. The number of benzene rings is 6. The molecular weight excluding hydrogens is 1340 g/mol. The van der Waals surface area contributed by atoms with Crippen LogP contribution in [0.1, 0.15) is 143 Å². The third kappa shape index (κ3) is 15.5. The molecule has 0 unspecified atom stereocenters. The fraction of sp³-hybridized carbons (Fsp3) is 0.475. The van der Waals surface area contributed by atoms with E-state index in [0.717, 1.165) is 98.7 Å². The molecule has 0 saturated heterocycles. The van der Waals surface area contributed by atoms with E-state index in [-0.39, 0.29) is 57.8 Å². The molecule has 4 aliphatic heterocycles. The Hall–Kier alpha value is -6.74. The van der Waals surface area contributed by atoms with Gasteiger partial charge in [0.2, 0.25) is 20.0 Å². The molecule has 2 spiro atoms. The molecule has 16 nitrogen and oxygen atoms in total. The van der Waals surface area contributed by atoms with Crippen molar-refractivity contribution < 1.29 is 54.8 Å². The van der Waals surface area contributed by atoms with Gasteiger partial charge in [0.25, 0.3) is 11.8 Å². The number of fused-ring (bicyclic) bond motifs is 8. The molecule has 2 fully saturated rings. The van der Waals surface area contributed by atoms with Gasteiger partial charge in [0.1, 0.15) is 22.0 Å². The summed E-state index contributed by atoms with van der Waals surface area (Å²) in [6.07, 6.45) is 19.3. The topological polar surface area (TPSA) is 188 Å². The van der Waals surface area contributed by atoms with Gasteiger partial charge >= 0.3 is 0 Å². The summed E-state index contributed by atoms with van der Waals surface area (Å²) >= 11 is 12.9. The molecule has 532 valence electrons. The van der Waals surface area contributed by atoms with Gasteiger partial charge in [-0.05, 0) is 207 Å². The Morgan fingerprint density at radius 3 is 1.34 bits per heavy atom. The molecule has 0 aromatic heterocycles. The first-order valence-corrected chi connectivity index (χ1v) is 39.6. The predicted molar refractivity (Wildman–Crippen MR) is 393 cm³/mol. The minimum absolute atomic E-state index is 0.129. The SMILES string of the molecule is COCCO[C@H]1/C=C/C[C@H](C)[C@@H](c2ccccc2)S(=O)(=O)NC(=O)c2ccc3c(c2)N(C[C@@H]2CC[C@H]21)C[C@@]1(CCCc2cc(Cl)ccc21)CO3.COCCO[C@H]1/C=C/C[C@H](C)[C@H](c2ccccc2)S(=O)(=O)NC(=O)c2ccc3c(c2)N(C[C@@H]2CC[C@H]21)C[C@@]1(CCCc2cc(Cl)ccc21)CO3. The van der Waals surface area contributed by atoms with E-state index in [4.69, 9.17) is 51.6 Å². The van der Waals surface area contributed by atoms with E-state index in [1.54, 1.807) is 26.4 Å². The number of amides is 2. The molecule has 0 radical (unpaired) electrons. The normalized spacial score (nSPS) is 29.8. The van der Waals surface area contributed by atoms with Gasteiger partial charge in [-0.25, -0.2) is 26.3 Å². The summed E-state index contributed by atoms with van der Waals surface area (Å²) in [5, 5.41) is -0.393. The average molecular weight is 1440 g/mol. The lowest BCUT2D eigenvalue weighted by atomic mass is 9.68. The zero-order chi connectivity index (χ0) is 69.8. The monoisotopic (exact) mass is 1440 g/mol. The number of halogens is 2. The predicted octanol–water partition coefficient (Wildman–Crippen LogP) is 14.5. The van der Waals surface area contributed by atoms with Crippen molar-refractivity contribution in [1.29, 1.82) is 0 Å². The largest absolute Gasteiger partial charge is 0.490 e. The molecule has 6 aromatic carbocycles. The van der Waals surface area contributed by atoms with Crippen LogP contribution < -0.4 is 28.7 Å². The molecule has 2 amide bonds. The second kappa shape index (κ2) is 31.1. The Balaban J connectivity index is 0.000000179. The number of anilines is 2. The Morgan fingerprint density at radius 2 is 0.950 bits per heavy atom. The number of nitrogens with zero attached hydrogens (tertiary/aromatic N) is 2. The van der Waals surface area contributed by atoms with Gasteiger partial charge in [0.05, 0.1) is 63.2 Å². The number of sulfonamides is 2. The van der Waals surface area contributed by atoms with Crippen LogP contribution in [0.25, 0.3) is 0 Å². The van der Waals surface area contributed by atoms with Crippen molar-refractivity contribution in [3.8, 4) is 11.5 Å². The summed E-state index contributed by atoms with van der Waals surface area (Å²) in [6.45, 7) is 9.74. The fourth-order valence-corrected chi connectivity index (χ4v) is 21.2. The van der Waals surface area contributed by atoms with Crippen LogP contribution >= 0.6 is 23.2 Å². The maximum atomic E-state index is 14.1. The molecule has 4 aliphatic carbocycles. The summed E-state index contributed by atoms with van der Waals surface area (Å²) < 4.78 is 98.2. The highest BCUT2D eigenvalue weighted by atomic mass is 35.5. The zero-order valence-corrected chi connectivity index (χ0v) is 60.9. The first kappa shape index (κ1) is 71.6. The summed E-state index contributed by atoms with van der Waals surface area (Å²) in [5.41, 5.74) is 8.00. The van der Waals surface area contributed by atoms with Gasteiger partial charge in [-0.15, -0.1) is 0 Å². The van der Waals surface area contributed by atoms with Crippen LogP contribution in [-0.2, 0) is 62.7 Å². The maximum Gasteiger partial charge on any atom is 0.264 e. The summed E-state index contributed by atoms with van der Waals surface area (Å²) in [4.78, 5) is 32.5. The van der Waals surface area contributed by atoms with E-state index in [2.05, 4.69) is 67.8 Å². The molecule has 2 saturated carbocycles. The van der Waals surface area contributed by atoms with Gasteiger partial charge < -0.3 is 38.2 Å². The van der Waals surface area contributed by atoms with Crippen LogP contribution in [0.4, 0.5) is 11.4 Å². The third-order valence-corrected chi connectivity index (χ3v) is 26.8. The van der Waals surface area contributed by atoms with E-state index in [1.165, 1.54) is 22.3 Å². The lowest BCUT2D eigenvalue weighted by Gasteiger charge is -2.46. The molecule has 14 rings (SSSR count). The van der Waals surface area contributed by atoms with Crippen LogP contribution in [0.3, 0.4) is 0 Å². The van der Waals surface area contributed by atoms with Gasteiger partial charge in [-0.2, -0.15) is 0 Å². The van der Waals surface area contributed by atoms with E-state index in [9.17, 15) is 26.4 Å². The minimum Gasteiger partial charge on any atom is -0.490 e. The number of hydrogen-bond donors (Lipinski definition) is 2. The second-order valence-corrected chi connectivity index (χ2v) is 33.6. The van der Waals surface area contributed by atoms with Crippen molar-refractivity contribution in [1.82, 2.24) is 9.44 Å². The number of nitrogens with one attached hydrogen (secondary N) is 2. The molecule has 100 heavy (non-hydrogen) atoms. The fourth-order valence-electron chi connectivity index (χ4n) is 17.3. The highest BCUT2D eigenvalue weighted by Gasteiger charge is 2.48. The zero-order valence-electron chi connectivity index (χ0n) is 57.7. The molecule has 8 aliphatic rings. The lowest BCUT2D eigenvalue weighted by molar-refractivity contribution is -0.0310. The summed E-state index contributed by atoms with van der Waals surface area (Å²) in [6, 6.07) is 41.4. The first-order valence-electron chi connectivity index (χ1n) is 35.7. The van der Waals surface area contributed by atoms with Crippen molar-refractivity contribution in [3.05, 3.63) is 212 Å². The number of allylic oxidation sites excluding steroid dienone is 2. The van der Waals surface area contributed by atoms with Crippen LogP contribution in [0.5, 0.6) is 11.5 Å². The number of ether oxygens (including phenoxy) is 6. The summed E-state index contributed by atoms with van der Waals surface area (Å²) in [5.74, 6) is 0.743. The van der Waals surface area contributed by atoms with E-state index in [1.807, 2.05) is 111 Å². The number of carbonyl (C=O) groups excluding carboxylic acids is 2. The van der Waals surface area contributed by atoms with Crippen LogP contribution in [0.2, 0.25) is 10.0 Å². The third-order valence-electron chi connectivity index (χ3n) is 22.6. The smallest absolute Gasteiger partial charge is 0.264 e. The Morgan fingerprint density at radius 1 is 0.530 bits per heavy atom.